The van der Waals surface area contributed by atoms with Gasteiger partial charge in [0, 0.05) is 19.1 Å². The summed E-state index contributed by atoms with van der Waals surface area (Å²) in [5, 5.41) is 3.34. The largest absolute Gasteiger partial charge is 0.353 e. The fraction of sp³-hybridized carbons (Fsp3) is 0.600. The third kappa shape index (κ3) is 3.51. The molecule has 2 heterocycles. The molecule has 2 aliphatic rings. The first-order chi connectivity index (χ1) is 12.2. The van der Waals surface area contributed by atoms with Crippen molar-refractivity contribution >= 4 is 22.9 Å². The van der Waals surface area contributed by atoms with Crippen LogP contribution in [0.4, 0.5) is 5.95 Å². The van der Waals surface area contributed by atoms with Crippen LogP contribution in [0.3, 0.4) is 0 Å². The number of carbonyl (C=O) groups is 1. The van der Waals surface area contributed by atoms with Crippen LogP contribution in [0.5, 0.6) is 0 Å². The number of fused-ring (bicyclic) bond motifs is 1. The number of nitrogens with zero attached hydrogens (tertiary/aromatic N) is 2. The molecule has 1 aliphatic carbocycles. The maximum absolute atomic E-state index is 12.8. The molecule has 1 amide bonds. The zero-order valence-corrected chi connectivity index (χ0v) is 15.0. The van der Waals surface area contributed by atoms with Gasteiger partial charge in [0.1, 0.15) is 0 Å². The average molecular weight is 340 g/mol. The Balaban J connectivity index is 1.42. The third-order valence-corrected chi connectivity index (χ3v) is 5.91. The Morgan fingerprint density at radius 1 is 1.20 bits per heavy atom. The summed E-state index contributed by atoms with van der Waals surface area (Å²) in [7, 11) is 0. The van der Waals surface area contributed by atoms with Crippen molar-refractivity contribution in [3.63, 3.8) is 0 Å². The number of aromatic nitrogens is 2. The van der Waals surface area contributed by atoms with Crippen LogP contribution in [0.2, 0.25) is 0 Å². The van der Waals surface area contributed by atoms with Gasteiger partial charge in [-0.3, -0.25) is 4.79 Å². The number of hydrogen-bond donors (Lipinski definition) is 2. The van der Waals surface area contributed by atoms with Gasteiger partial charge < -0.3 is 15.2 Å². The van der Waals surface area contributed by atoms with Crippen LogP contribution in [0.15, 0.2) is 24.3 Å². The van der Waals surface area contributed by atoms with Crippen molar-refractivity contribution in [3.8, 4) is 0 Å². The van der Waals surface area contributed by atoms with Gasteiger partial charge in [0.25, 0.3) is 0 Å². The zero-order valence-electron chi connectivity index (χ0n) is 15.0. The van der Waals surface area contributed by atoms with Gasteiger partial charge in [0.15, 0.2) is 0 Å². The maximum atomic E-state index is 12.8. The number of rotatable bonds is 3. The Labute approximate surface area is 149 Å². The van der Waals surface area contributed by atoms with E-state index in [0.29, 0.717) is 12.0 Å². The molecule has 1 saturated carbocycles. The topological polar surface area (TPSA) is 61.0 Å². The lowest BCUT2D eigenvalue weighted by atomic mass is 9.85. The molecule has 0 bridgehead atoms. The Hall–Kier alpha value is -2.04. The number of imidazole rings is 1. The molecule has 5 heteroatoms. The van der Waals surface area contributed by atoms with Crippen molar-refractivity contribution in [3.05, 3.63) is 24.3 Å². The summed E-state index contributed by atoms with van der Waals surface area (Å²) >= 11 is 0. The lowest BCUT2D eigenvalue weighted by Gasteiger charge is -2.35. The van der Waals surface area contributed by atoms with Gasteiger partial charge in [0.05, 0.1) is 17.0 Å². The standard InChI is InChI=1S/C20H28N4O/c1-14-7-2-3-9-16(14)21-19(25)15-8-6-12-24(13-15)20-22-17-10-4-5-11-18(17)23-20/h4-5,10-11,14-16H,2-3,6-9,12-13H2,1H3,(H,21,25)(H,22,23)/t14-,15-,16+/m1/s1. The van der Waals surface area contributed by atoms with Gasteiger partial charge >= 0.3 is 0 Å². The first-order valence-electron chi connectivity index (χ1n) is 9.71. The van der Waals surface area contributed by atoms with Gasteiger partial charge in [-0.1, -0.05) is 31.9 Å². The van der Waals surface area contributed by atoms with Crippen LogP contribution in [0.1, 0.15) is 45.4 Å². The van der Waals surface area contributed by atoms with Crippen molar-refractivity contribution in [2.75, 3.05) is 18.0 Å². The van der Waals surface area contributed by atoms with Gasteiger partial charge in [-0.25, -0.2) is 4.98 Å². The summed E-state index contributed by atoms with van der Waals surface area (Å²) in [6.07, 6.45) is 6.93. The van der Waals surface area contributed by atoms with Crippen molar-refractivity contribution < 1.29 is 4.79 Å². The lowest BCUT2D eigenvalue weighted by molar-refractivity contribution is -0.126. The molecule has 0 radical (unpaired) electrons. The summed E-state index contributed by atoms with van der Waals surface area (Å²) in [4.78, 5) is 23.1. The minimum atomic E-state index is 0.0658. The minimum absolute atomic E-state index is 0.0658. The third-order valence-electron chi connectivity index (χ3n) is 5.91. The number of benzene rings is 1. The number of amides is 1. The molecule has 1 aliphatic heterocycles. The molecule has 4 rings (SSSR count). The monoisotopic (exact) mass is 340 g/mol. The number of hydrogen-bond acceptors (Lipinski definition) is 3. The second kappa shape index (κ2) is 7.06. The van der Waals surface area contributed by atoms with E-state index in [4.69, 9.17) is 4.98 Å². The molecule has 1 aromatic heterocycles. The highest BCUT2D eigenvalue weighted by atomic mass is 16.2. The van der Waals surface area contributed by atoms with E-state index in [0.717, 1.165) is 49.3 Å². The molecule has 2 N–H and O–H groups in total. The molecular weight excluding hydrogens is 312 g/mol. The van der Waals surface area contributed by atoms with Gasteiger partial charge in [0.2, 0.25) is 11.9 Å². The summed E-state index contributed by atoms with van der Waals surface area (Å²) in [6.45, 7) is 3.99. The van der Waals surface area contributed by atoms with E-state index in [1.807, 2.05) is 24.3 Å². The molecule has 1 aromatic carbocycles. The van der Waals surface area contributed by atoms with Crippen LogP contribution < -0.4 is 10.2 Å². The Kier molecular flexibility index (Phi) is 4.64. The Morgan fingerprint density at radius 2 is 2.04 bits per heavy atom. The van der Waals surface area contributed by atoms with Crippen LogP contribution >= 0.6 is 0 Å². The fourth-order valence-corrected chi connectivity index (χ4v) is 4.30. The predicted octanol–water partition coefficient (Wildman–Crippen LogP) is 3.47. The molecule has 25 heavy (non-hydrogen) atoms. The van der Waals surface area contributed by atoms with Crippen molar-refractivity contribution in [2.24, 2.45) is 11.8 Å². The number of carbonyl (C=O) groups excluding carboxylic acids is 1. The van der Waals surface area contributed by atoms with Crippen molar-refractivity contribution in [2.45, 2.75) is 51.5 Å². The van der Waals surface area contributed by atoms with Crippen LogP contribution in [0.25, 0.3) is 11.0 Å². The highest BCUT2D eigenvalue weighted by Gasteiger charge is 2.30. The smallest absolute Gasteiger partial charge is 0.225 e. The summed E-state index contributed by atoms with van der Waals surface area (Å²) in [5.41, 5.74) is 2.04. The van der Waals surface area contributed by atoms with E-state index < -0.39 is 0 Å². The first kappa shape index (κ1) is 16.4. The highest BCUT2D eigenvalue weighted by molar-refractivity contribution is 5.80. The van der Waals surface area contributed by atoms with Crippen LogP contribution in [-0.4, -0.2) is 35.0 Å². The quantitative estimate of drug-likeness (QED) is 0.899. The van der Waals surface area contributed by atoms with Crippen molar-refractivity contribution in [1.82, 2.24) is 15.3 Å². The predicted molar refractivity (Wildman–Crippen MR) is 101 cm³/mol. The average Bonchev–Trinajstić information content (AvgIpc) is 3.08. The molecule has 5 nitrogen and oxygen atoms in total. The first-order valence-corrected chi connectivity index (χ1v) is 9.71. The Bertz CT molecular complexity index is 707. The van der Waals surface area contributed by atoms with E-state index in [9.17, 15) is 4.79 Å². The minimum Gasteiger partial charge on any atom is -0.353 e. The molecule has 0 spiro atoms. The van der Waals surface area contributed by atoms with E-state index >= 15 is 0 Å². The molecule has 3 atom stereocenters. The molecule has 1 saturated heterocycles. The van der Waals surface area contributed by atoms with Crippen molar-refractivity contribution in [1.29, 1.82) is 0 Å². The number of piperidine rings is 1. The molecule has 2 fully saturated rings. The van der Waals surface area contributed by atoms with E-state index in [-0.39, 0.29) is 11.8 Å². The number of anilines is 1. The molecule has 0 unspecified atom stereocenters. The second-order valence-electron chi connectivity index (χ2n) is 7.74. The number of aromatic amines is 1. The van der Waals surface area contributed by atoms with E-state index in [1.165, 1.54) is 19.3 Å². The number of nitrogens with one attached hydrogen (secondary N) is 2. The van der Waals surface area contributed by atoms with Crippen LogP contribution in [-0.2, 0) is 4.79 Å². The fourth-order valence-electron chi connectivity index (χ4n) is 4.30. The normalized spacial score (nSPS) is 27.4. The molecular formula is C20H28N4O. The zero-order chi connectivity index (χ0) is 17.2. The van der Waals surface area contributed by atoms with E-state index in [2.05, 4.69) is 22.1 Å². The lowest BCUT2D eigenvalue weighted by Crippen LogP contribution is -2.48. The molecule has 2 aromatic rings. The summed E-state index contributed by atoms with van der Waals surface area (Å²) in [5.74, 6) is 1.80. The van der Waals surface area contributed by atoms with Crippen LogP contribution in [0, 0.1) is 11.8 Å². The maximum Gasteiger partial charge on any atom is 0.225 e. The summed E-state index contributed by atoms with van der Waals surface area (Å²) in [6, 6.07) is 8.45. The number of para-hydroxylation sites is 2. The second-order valence-corrected chi connectivity index (χ2v) is 7.74. The Morgan fingerprint density at radius 3 is 2.88 bits per heavy atom. The number of H-pyrrole nitrogens is 1. The van der Waals surface area contributed by atoms with Gasteiger partial charge in [-0.05, 0) is 43.7 Å². The van der Waals surface area contributed by atoms with Gasteiger partial charge in [-0.2, -0.15) is 0 Å². The van der Waals surface area contributed by atoms with E-state index in [1.54, 1.807) is 0 Å². The molecule has 134 valence electrons. The highest BCUT2D eigenvalue weighted by Crippen LogP contribution is 2.26. The van der Waals surface area contributed by atoms with Gasteiger partial charge in [-0.15, -0.1) is 0 Å². The SMILES string of the molecule is C[C@@H]1CCCC[C@@H]1NC(=O)[C@@H]1CCCN(c2nc3ccccc3[nH]2)C1. The summed E-state index contributed by atoms with van der Waals surface area (Å²) < 4.78 is 0.